The first-order chi connectivity index (χ1) is 8.86. The lowest BCUT2D eigenvalue weighted by molar-refractivity contribution is 0.100. The molecule has 0 aliphatic rings. The average molecular weight is 251 g/mol. The minimum absolute atomic E-state index is 0.213. The Morgan fingerprint density at radius 3 is 2.72 bits per heavy atom. The van der Waals surface area contributed by atoms with E-state index in [1.807, 2.05) is 6.07 Å². The average Bonchev–Trinajstić information content (AvgIpc) is 2.40. The van der Waals surface area contributed by atoms with Gasteiger partial charge < -0.3 is 15.2 Å². The van der Waals surface area contributed by atoms with Crippen LogP contribution in [0.25, 0.3) is 0 Å². The van der Waals surface area contributed by atoms with E-state index in [9.17, 15) is 0 Å². The number of rotatable bonds is 10. The molecule has 0 aliphatic carbocycles. The summed E-state index contributed by atoms with van der Waals surface area (Å²) in [6, 6.07) is 10.7. The Morgan fingerprint density at radius 2 is 2.06 bits per heavy atom. The summed E-state index contributed by atoms with van der Waals surface area (Å²) < 4.78 is 5.65. The van der Waals surface area contributed by atoms with Crippen LogP contribution < -0.4 is 5.32 Å². The molecule has 0 aliphatic heterocycles. The van der Waals surface area contributed by atoms with Crippen LogP contribution in [0.3, 0.4) is 0 Å². The minimum Gasteiger partial charge on any atom is -0.396 e. The minimum atomic E-state index is 0.213. The highest BCUT2D eigenvalue weighted by Crippen LogP contribution is 2.02. The molecule has 1 aromatic carbocycles. The molecule has 0 spiro atoms. The van der Waals surface area contributed by atoms with Gasteiger partial charge in [-0.05, 0) is 31.4 Å². The molecule has 1 unspecified atom stereocenters. The van der Waals surface area contributed by atoms with Crippen LogP contribution in [0.15, 0.2) is 30.3 Å². The summed E-state index contributed by atoms with van der Waals surface area (Å²) in [6.07, 6.45) is 2.86. The van der Waals surface area contributed by atoms with Crippen molar-refractivity contribution in [3.05, 3.63) is 35.9 Å². The third-order valence-electron chi connectivity index (χ3n) is 2.89. The molecule has 0 fully saturated rings. The molecule has 0 heterocycles. The fraction of sp³-hybridized carbons (Fsp3) is 0.600. The van der Waals surface area contributed by atoms with E-state index >= 15 is 0 Å². The second-order valence-electron chi connectivity index (χ2n) is 4.43. The summed E-state index contributed by atoms with van der Waals surface area (Å²) in [4.78, 5) is 0. The number of aliphatic hydroxyl groups excluding tert-OH is 1. The van der Waals surface area contributed by atoms with Crippen molar-refractivity contribution in [2.75, 3.05) is 26.4 Å². The molecule has 1 rings (SSSR count). The van der Waals surface area contributed by atoms with Crippen molar-refractivity contribution in [2.24, 2.45) is 0 Å². The normalized spacial score (nSPS) is 12.6. The van der Waals surface area contributed by atoms with Crippen LogP contribution in [-0.4, -0.2) is 37.5 Å². The molecule has 3 heteroatoms. The number of hydrogen-bond donors (Lipinski definition) is 2. The number of nitrogens with one attached hydrogen (secondary N) is 1. The van der Waals surface area contributed by atoms with E-state index in [0.717, 1.165) is 32.4 Å². The molecule has 18 heavy (non-hydrogen) atoms. The van der Waals surface area contributed by atoms with E-state index in [4.69, 9.17) is 9.84 Å². The molecule has 0 saturated heterocycles. The maximum absolute atomic E-state index is 8.92. The van der Waals surface area contributed by atoms with Gasteiger partial charge in [0, 0.05) is 19.3 Å². The highest BCUT2D eigenvalue weighted by Gasteiger charge is 2.05. The van der Waals surface area contributed by atoms with E-state index in [1.54, 1.807) is 0 Å². The van der Waals surface area contributed by atoms with Crippen LogP contribution in [0.5, 0.6) is 0 Å². The Labute approximate surface area is 110 Å². The quantitative estimate of drug-likeness (QED) is 0.625. The lowest BCUT2D eigenvalue weighted by Gasteiger charge is -2.16. The third kappa shape index (κ3) is 6.74. The molecule has 102 valence electrons. The molecule has 0 radical (unpaired) electrons. The fourth-order valence-electron chi connectivity index (χ4n) is 1.94. The smallest absolute Gasteiger partial charge is 0.0620 e. The van der Waals surface area contributed by atoms with Crippen LogP contribution in [0.4, 0.5) is 0 Å². The van der Waals surface area contributed by atoms with Crippen molar-refractivity contribution in [2.45, 2.75) is 32.2 Å². The van der Waals surface area contributed by atoms with Gasteiger partial charge in [0.25, 0.3) is 0 Å². The molecular formula is C15H25NO2. The zero-order chi connectivity index (χ0) is 13.1. The van der Waals surface area contributed by atoms with Gasteiger partial charge in [-0.1, -0.05) is 37.3 Å². The molecule has 0 aromatic heterocycles. The van der Waals surface area contributed by atoms with Crippen LogP contribution in [-0.2, 0) is 11.2 Å². The van der Waals surface area contributed by atoms with Crippen LogP contribution in [0.2, 0.25) is 0 Å². The largest absolute Gasteiger partial charge is 0.396 e. The molecule has 3 nitrogen and oxygen atoms in total. The lowest BCUT2D eigenvalue weighted by atomic mass is 10.1. The van der Waals surface area contributed by atoms with Crippen molar-refractivity contribution >= 4 is 0 Å². The van der Waals surface area contributed by atoms with Crippen LogP contribution in [0.1, 0.15) is 25.3 Å². The number of hydrogen-bond acceptors (Lipinski definition) is 3. The molecule has 2 N–H and O–H groups in total. The summed E-state index contributed by atoms with van der Waals surface area (Å²) in [6.45, 7) is 4.66. The van der Waals surface area contributed by atoms with Gasteiger partial charge in [0.2, 0.25) is 0 Å². The maximum Gasteiger partial charge on any atom is 0.0620 e. The van der Waals surface area contributed by atoms with E-state index in [0.29, 0.717) is 6.61 Å². The molecule has 1 atom stereocenters. The van der Waals surface area contributed by atoms with Gasteiger partial charge in [0.05, 0.1) is 6.61 Å². The van der Waals surface area contributed by atoms with Gasteiger partial charge in [0.15, 0.2) is 0 Å². The number of likely N-dealkylation sites (N-methyl/N-ethyl adjacent to an activating group) is 1. The topological polar surface area (TPSA) is 41.5 Å². The van der Waals surface area contributed by atoms with Crippen molar-refractivity contribution in [1.82, 2.24) is 5.32 Å². The van der Waals surface area contributed by atoms with Gasteiger partial charge in [-0.3, -0.25) is 0 Å². The number of benzene rings is 1. The first-order valence-electron chi connectivity index (χ1n) is 6.82. The summed E-state index contributed by atoms with van der Waals surface area (Å²) in [7, 11) is 0. The zero-order valence-electron chi connectivity index (χ0n) is 11.3. The predicted octanol–water partition coefficient (Wildman–Crippen LogP) is 2.00. The first-order valence-corrected chi connectivity index (χ1v) is 6.82. The zero-order valence-corrected chi connectivity index (χ0v) is 11.3. The Balaban J connectivity index is 2.06. The second kappa shape index (κ2) is 10.1. The second-order valence-corrected chi connectivity index (χ2v) is 4.43. The van der Waals surface area contributed by atoms with Crippen molar-refractivity contribution in [1.29, 1.82) is 0 Å². The van der Waals surface area contributed by atoms with Gasteiger partial charge in [-0.25, -0.2) is 0 Å². The Kier molecular flexibility index (Phi) is 8.47. The molecular weight excluding hydrogens is 226 g/mol. The van der Waals surface area contributed by atoms with Crippen molar-refractivity contribution in [3.63, 3.8) is 0 Å². The molecule has 0 bridgehead atoms. The van der Waals surface area contributed by atoms with Crippen molar-refractivity contribution in [3.8, 4) is 0 Å². The lowest BCUT2D eigenvalue weighted by Crippen LogP contribution is -2.34. The Hall–Kier alpha value is -0.900. The monoisotopic (exact) mass is 251 g/mol. The van der Waals surface area contributed by atoms with E-state index in [-0.39, 0.29) is 12.6 Å². The summed E-state index contributed by atoms with van der Waals surface area (Å²) in [5.41, 5.74) is 1.36. The molecule has 1 aromatic rings. The first kappa shape index (κ1) is 15.2. The van der Waals surface area contributed by atoms with E-state index in [2.05, 4.69) is 36.5 Å². The number of aryl methyl sites for hydroxylation is 1. The Morgan fingerprint density at radius 1 is 1.28 bits per heavy atom. The highest BCUT2D eigenvalue weighted by atomic mass is 16.5. The van der Waals surface area contributed by atoms with E-state index in [1.165, 1.54) is 5.56 Å². The van der Waals surface area contributed by atoms with Gasteiger partial charge in [0.1, 0.15) is 0 Å². The Bertz CT molecular complexity index is 284. The number of ether oxygens (including phenoxy) is 1. The summed E-state index contributed by atoms with van der Waals surface area (Å²) in [5.74, 6) is 0. The summed E-state index contributed by atoms with van der Waals surface area (Å²) in [5, 5.41) is 12.2. The van der Waals surface area contributed by atoms with E-state index < -0.39 is 0 Å². The molecule has 0 amide bonds. The van der Waals surface area contributed by atoms with Crippen LogP contribution >= 0.6 is 0 Å². The third-order valence-corrected chi connectivity index (χ3v) is 2.89. The van der Waals surface area contributed by atoms with Gasteiger partial charge in [-0.15, -0.1) is 0 Å². The number of aliphatic hydroxyl groups is 1. The van der Waals surface area contributed by atoms with Gasteiger partial charge >= 0.3 is 0 Å². The van der Waals surface area contributed by atoms with Gasteiger partial charge in [-0.2, -0.15) is 0 Å². The SMILES string of the molecule is CCNC(CCO)COCCCc1ccccc1. The highest BCUT2D eigenvalue weighted by molar-refractivity contribution is 5.14. The predicted molar refractivity (Wildman–Crippen MR) is 74.7 cm³/mol. The standard InChI is InChI=1S/C15H25NO2/c1-2-16-15(10-11-17)13-18-12-6-9-14-7-4-3-5-8-14/h3-5,7-8,15-17H,2,6,9-13H2,1H3. The maximum atomic E-state index is 8.92. The molecule has 0 saturated carbocycles. The fourth-order valence-corrected chi connectivity index (χ4v) is 1.94. The van der Waals surface area contributed by atoms with Crippen LogP contribution in [0, 0.1) is 0 Å². The summed E-state index contributed by atoms with van der Waals surface area (Å²) >= 11 is 0. The van der Waals surface area contributed by atoms with Crippen molar-refractivity contribution < 1.29 is 9.84 Å².